The number of fused-ring (bicyclic) bond motifs is 1. The topological polar surface area (TPSA) is 58.6 Å². The Balaban J connectivity index is 1.31. The molecule has 0 aliphatic carbocycles. The van der Waals surface area contributed by atoms with Crippen LogP contribution in [0.15, 0.2) is 84.6 Å². The lowest BCUT2D eigenvalue weighted by Gasteiger charge is -2.13. The standard InChI is InChI=1S/C29H22I2N2O3/c1-18-5-4-6-19(11-18)16-33-28(34)26(32-29(33)35)15-21-13-24(30)27(25(31)14-21)36-17-20-9-10-22-7-2-3-8-23(22)12-20/h2-15H,16-17H2,1H3,(H,32,35)/b26-15+. The van der Waals surface area contributed by atoms with Gasteiger partial charge in [-0.3, -0.25) is 9.69 Å². The number of halogens is 2. The van der Waals surface area contributed by atoms with Crippen molar-refractivity contribution in [1.82, 2.24) is 10.2 Å². The van der Waals surface area contributed by atoms with Gasteiger partial charge in [-0.15, -0.1) is 0 Å². The number of carbonyl (C=O) groups excluding carboxylic acids is 2. The summed E-state index contributed by atoms with van der Waals surface area (Å²) in [6, 6.07) is 25.9. The Kier molecular flexibility index (Phi) is 7.29. The highest BCUT2D eigenvalue weighted by molar-refractivity contribution is 14.1. The number of ether oxygens (including phenoxy) is 1. The zero-order valence-electron chi connectivity index (χ0n) is 19.4. The van der Waals surface area contributed by atoms with Crippen LogP contribution in [0.2, 0.25) is 0 Å². The first kappa shape index (κ1) is 24.8. The molecule has 1 aliphatic heterocycles. The summed E-state index contributed by atoms with van der Waals surface area (Å²) >= 11 is 4.49. The lowest BCUT2D eigenvalue weighted by atomic mass is 10.1. The predicted molar refractivity (Wildman–Crippen MR) is 158 cm³/mol. The van der Waals surface area contributed by atoms with Crippen LogP contribution in [-0.2, 0) is 17.9 Å². The Morgan fingerprint density at radius 2 is 1.61 bits per heavy atom. The molecule has 36 heavy (non-hydrogen) atoms. The first-order chi connectivity index (χ1) is 17.4. The van der Waals surface area contributed by atoms with E-state index in [1.165, 1.54) is 15.7 Å². The van der Waals surface area contributed by atoms with Gasteiger partial charge in [-0.2, -0.15) is 0 Å². The molecule has 0 spiro atoms. The number of benzene rings is 4. The molecule has 0 unspecified atom stereocenters. The molecule has 1 N–H and O–H groups in total. The maximum atomic E-state index is 12.9. The fraction of sp³-hybridized carbons (Fsp3) is 0.103. The van der Waals surface area contributed by atoms with Gasteiger partial charge in [0.25, 0.3) is 5.91 Å². The van der Waals surface area contributed by atoms with Gasteiger partial charge in [-0.25, -0.2) is 4.79 Å². The second-order valence-corrected chi connectivity index (χ2v) is 11.0. The minimum absolute atomic E-state index is 0.236. The summed E-state index contributed by atoms with van der Waals surface area (Å²) in [5.41, 5.74) is 4.19. The first-order valence-corrected chi connectivity index (χ1v) is 13.5. The number of rotatable bonds is 6. The molecular weight excluding hydrogens is 678 g/mol. The van der Waals surface area contributed by atoms with Crippen LogP contribution in [0.3, 0.4) is 0 Å². The van der Waals surface area contributed by atoms with Crippen LogP contribution in [-0.4, -0.2) is 16.8 Å². The number of aryl methyl sites for hydroxylation is 1. The number of hydrogen-bond acceptors (Lipinski definition) is 3. The quantitative estimate of drug-likeness (QED) is 0.134. The molecule has 3 amide bonds. The third-order valence-electron chi connectivity index (χ3n) is 5.91. The Labute approximate surface area is 236 Å². The summed E-state index contributed by atoms with van der Waals surface area (Å²) in [6.45, 7) is 2.68. The van der Waals surface area contributed by atoms with Crippen molar-refractivity contribution in [3.8, 4) is 5.75 Å². The van der Waals surface area contributed by atoms with Crippen LogP contribution in [0.25, 0.3) is 16.8 Å². The Morgan fingerprint density at radius 1 is 0.861 bits per heavy atom. The van der Waals surface area contributed by atoms with E-state index < -0.39 is 6.03 Å². The van der Waals surface area contributed by atoms with E-state index in [1.54, 1.807) is 6.08 Å². The molecule has 0 radical (unpaired) electrons. The molecule has 4 aromatic rings. The van der Waals surface area contributed by atoms with Crippen molar-refractivity contribution in [3.63, 3.8) is 0 Å². The highest BCUT2D eigenvalue weighted by atomic mass is 127. The van der Waals surface area contributed by atoms with Crippen molar-refractivity contribution in [2.24, 2.45) is 0 Å². The van der Waals surface area contributed by atoms with Crippen LogP contribution in [0.4, 0.5) is 4.79 Å². The zero-order valence-corrected chi connectivity index (χ0v) is 23.7. The maximum Gasteiger partial charge on any atom is 0.329 e. The van der Waals surface area contributed by atoms with Gasteiger partial charge in [0.05, 0.1) is 13.7 Å². The van der Waals surface area contributed by atoms with Gasteiger partial charge >= 0.3 is 6.03 Å². The summed E-state index contributed by atoms with van der Waals surface area (Å²) in [5.74, 6) is 0.470. The molecule has 1 aliphatic rings. The molecule has 0 saturated carbocycles. The minimum atomic E-state index is -0.410. The van der Waals surface area contributed by atoms with Gasteiger partial charge in [0.15, 0.2) is 0 Å². The first-order valence-electron chi connectivity index (χ1n) is 11.4. The largest absolute Gasteiger partial charge is 0.487 e. The lowest BCUT2D eigenvalue weighted by Crippen LogP contribution is -2.30. The highest BCUT2D eigenvalue weighted by Gasteiger charge is 2.33. The maximum absolute atomic E-state index is 12.9. The molecule has 5 nitrogen and oxygen atoms in total. The van der Waals surface area contributed by atoms with Gasteiger partial charge in [0.2, 0.25) is 0 Å². The Hall–Kier alpha value is -2.92. The number of amides is 3. The van der Waals surface area contributed by atoms with Crippen molar-refractivity contribution in [1.29, 1.82) is 0 Å². The molecule has 1 heterocycles. The molecule has 1 fully saturated rings. The summed E-state index contributed by atoms with van der Waals surface area (Å²) in [5, 5.41) is 5.10. The molecule has 5 rings (SSSR count). The fourth-order valence-electron chi connectivity index (χ4n) is 4.16. The van der Waals surface area contributed by atoms with Gasteiger partial charge in [-0.1, -0.05) is 66.2 Å². The molecule has 0 aromatic heterocycles. The highest BCUT2D eigenvalue weighted by Crippen LogP contribution is 2.31. The van der Waals surface area contributed by atoms with Gasteiger partial charge in [-0.05, 0) is 104 Å². The van der Waals surface area contributed by atoms with Gasteiger partial charge in [0.1, 0.15) is 18.1 Å². The molecule has 180 valence electrons. The van der Waals surface area contributed by atoms with Gasteiger partial charge < -0.3 is 10.1 Å². The normalized spacial score (nSPS) is 14.5. The van der Waals surface area contributed by atoms with Crippen molar-refractivity contribution in [3.05, 3.63) is 114 Å². The third kappa shape index (κ3) is 5.41. The smallest absolute Gasteiger partial charge is 0.329 e. The van der Waals surface area contributed by atoms with Crippen LogP contribution < -0.4 is 10.1 Å². The van der Waals surface area contributed by atoms with Crippen molar-refractivity contribution < 1.29 is 14.3 Å². The van der Waals surface area contributed by atoms with Crippen molar-refractivity contribution >= 4 is 74.0 Å². The van der Waals surface area contributed by atoms with E-state index in [-0.39, 0.29) is 18.1 Å². The van der Waals surface area contributed by atoms with Gasteiger partial charge in [0, 0.05) is 0 Å². The number of nitrogens with one attached hydrogen (secondary N) is 1. The zero-order chi connectivity index (χ0) is 25.2. The number of urea groups is 1. The minimum Gasteiger partial charge on any atom is -0.487 e. The summed E-state index contributed by atoms with van der Waals surface area (Å²) in [6.07, 6.45) is 1.72. The molecule has 1 saturated heterocycles. The average molecular weight is 700 g/mol. The second kappa shape index (κ2) is 10.6. The third-order valence-corrected chi connectivity index (χ3v) is 7.52. The SMILES string of the molecule is Cc1cccc(CN2C(=O)N/C(=C/c3cc(I)c(OCc4ccc5ccccc5c4)c(I)c3)C2=O)c1. The fourth-order valence-corrected chi connectivity index (χ4v) is 6.29. The second-order valence-electron chi connectivity index (χ2n) is 8.65. The number of nitrogens with zero attached hydrogens (tertiary/aromatic N) is 1. The van der Waals surface area contributed by atoms with Crippen molar-refractivity contribution in [2.75, 3.05) is 0 Å². The summed E-state index contributed by atoms with van der Waals surface area (Å²) in [7, 11) is 0. The van der Waals surface area contributed by atoms with E-state index in [1.807, 2.05) is 55.5 Å². The molecule has 4 aromatic carbocycles. The molecule has 7 heteroatoms. The van der Waals surface area contributed by atoms with Crippen LogP contribution in [0.1, 0.15) is 22.3 Å². The number of imide groups is 1. The Bertz CT molecular complexity index is 1510. The Morgan fingerprint density at radius 3 is 2.36 bits per heavy atom. The van der Waals surface area contributed by atoms with Crippen LogP contribution in [0.5, 0.6) is 5.75 Å². The molecule has 0 atom stereocenters. The summed E-state index contributed by atoms with van der Waals surface area (Å²) < 4.78 is 8.04. The summed E-state index contributed by atoms with van der Waals surface area (Å²) in [4.78, 5) is 26.7. The van der Waals surface area contributed by atoms with E-state index in [2.05, 4.69) is 80.8 Å². The van der Waals surface area contributed by atoms with E-state index in [9.17, 15) is 9.59 Å². The van der Waals surface area contributed by atoms with Crippen LogP contribution in [0, 0.1) is 14.1 Å². The van der Waals surface area contributed by atoms with E-state index in [0.29, 0.717) is 6.61 Å². The van der Waals surface area contributed by atoms with E-state index >= 15 is 0 Å². The number of carbonyl (C=O) groups is 2. The number of hydrogen-bond donors (Lipinski definition) is 1. The average Bonchev–Trinajstić information content (AvgIpc) is 3.10. The van der Waals surface area contributed by atoms with Crippen LogP contribution >= 0.6 is 45.2 Å². The van der Waals surface area contributed by atoms with E-state index in [4.69, 9.17) is 4.74 Å². The van der Waals surface area contributed by atoms with Crippen molar-refractivity contribution in [2.45, 2.75) is 20.1 Å². The molecular formula is C29H22I2N2O3. The monoisotopic (exact) mass is 700 g/mol. The lowest BCUT2D eigenvalue weighted by molar-refractivity contribution is -0.123. The van der Waals surface area contributed by atoms with E-state index in [0.717, 1.165) is 35.1 Å². The molecule has 0 bridgehead atoms. The predicted octanol–water partition coefficient (Wildman–Crippen LogP) is 7.03.